The average Bonchev–Trinajstić information content (AvgIpc) is 2.85. The fourth-order valence-corrected chi connectivity index (χ4v) is 3.80. The van der Waals surface area contributed by atoms with E-state index in [1.54, 1.807) is 0 Å². The number of ether oxygens (including phenoxy) is 3. The Labute approximate surface area is 117 Å². The molecule has 5 atom stereocenters. The molecule has 5 heteroatoms. The fraction of sp³-hybridized carbons (Fsp3) is 0.600. The molecule has 0 spiro atoms. The van der Waals surface area contributed by atoms with E-state index in [1.165, 1.54) is 20.3 Å². The predicted octanol–water partition coefficient (Wildman–Crippen LogP) is 1.10. The third-order valence-corrected chi connectivity index (χ3v) is 4.72. The van der Waals surface area contributed by atoms with E-state index in [1.807, 2.05) is 6.92 Å². The first-order valence-corrected chi connectivity index (χ1v) is 6.77. The van der Waals surface area contributed by atoms with Gasteiger partial charge in [0.1, 0.15) is 0 Å². The number of hydrogen-bond donors (Lipinski definition) is 0. The molecule has 20 heavy (non-hydrogen) atoms. The molecule has 0 aromatic heterocycles. The SMILES string of the molecule is COC(=O)C1=CC(=O)[C@@]2(OC)OC[C@H]3C=C[C@@H](C)[C@@H]1[C@H]32. The van der Waals surface area contributed by atoms with Crippen molar-refractivity contribution in [2.24, 2.45) is 23.7 Å². The molecule has 0 unspecified atom stereocenters. The number of rotatable bonds is 2. The number of carbonyl (C=O) groups excluding carboxylic acids is 2. The second-order valence-electron chi connectivity index (χ2n) is 5.60. The van der Waals surface area contributed by atoms with Crippen LogP contribution in [0.4, 0.5) is 0 Å². The van der Waals surface area contributed by atoms with Crippen molar-refractivity contribution in [2.75, 3.05) is 20.8 Å². The average molecular weight is 278 g/mol. The Morgan fingerprint density at radius 2 is 2.15 bits per heavy atom. The number of esters is 1. The van der Waals surface area contributed by atoms with E-state index in [0.717, 1.165) is 0 Å². The number of ketones is 1. The van der Waals surface area contributed by atoms with Gasteiger partial charge in [-0.25, -0.2) is 4.79 Å². The summed E-state index contributed by atoms with van der Waals surface area (Å²) in [6.07, 6.45) is 5.49. The molecule has 0 N–H and O–H groups in total. The van der Waals surface area contributed by atoms with E-state index in [-0.39, 0.29) is 29.5 Å². The summed E-state index contributed by atoms with van der Waals surface area (Å²) in [7, 11) is 2.81. The van der Waals surface area contributed by atoms with Crippen molar-refractivity contribution in [1.82, 2.24) is 0 Å². The number of hydrogen-bond acceptors (Lipinski definition) is 5. The van der Waals surface area contributed by atoms with Crippen molar-refractivity contribution in [1.29, 1.82) is 0 Å². The molecule has 5 nitrogen and oxygen atoms in total. The van der Waals surface area contributed by atoms with Crippen LogP contribution in [0.15, 0.2) is 23.8 Å². The minimum atomic E-state index is -1.24. The minimum absolute atomic E-state index is 0.0912. The van der Waals surface area contributed by atoms with Crippen molar-refractivity contribution in [3.05, 3.63) is 23.8 Å². The standard InChI is InChI=1S/C15H18O5/c1-8-4-5-9-7-20-15(19-3)11(16)6-10(14(17)18-2)12(8)13(9)15/h4-6,8-9,12-13H,7H2,1-3H3/t8-,9-,12+,13+,15-/m1/s1. The Hall–Kier alpha value is -1.46. The lowest BCUT2D eigenvalue weighted by Gasteiger charge is -2.44. The third-order valence-electron chi connectivity index (χ3n) is 4.72. The van der Waals surface area contributed by atoms with E-state index >= 15 is 0 Å². The number of carbonyl (C=O) groups is 2. The van der Waals surface area contributed by atoms with Gasteiger partial charge in [0.2, 0.25) is 11.6 Å². The largest absolute Gasteiger partial charge is 0.466 e. The minimum Gasteiger partial charge on any atom is -0.466 e. The molecule has 1 aliphatic heterocycles. The Morgan fingerprint density at radius 1 is 1.40 bits per heavy atom. The molecule has 0 amide bonds. The molecule has 0 aromatic carbocycles. The van der Waals surface area contributed by atoms with Gasteiger partial charge in [-0.05, 0) is 12.0 Å². The molecule has 1 heterocycles. The Morgan fingerprint density at radius 3 is 2.80 bits per heavy atom. The number of methoxy groups -OCH3 is 2. The van der Waals surface area contributed by atoms with Gasteiger partial charge in [0.25, 0.3) is 0 Å². The lowest BCUT2D eigenvalue weighted by Crippen LogP contribution is -2.54. The molecule has 2 aliphatic carbocycles. The topological polar surface area (TPSA) is 61.8 Å². The first-order chi connectivity index (χ1) is 9.55. The van der Waals surface area contributed by atoms with Gasteiger partial charge in [-0.2, -0.15) is 0 Å². The monoisotopic (exact) mass is 278 g/mol. The van der Waals surface area contributed by atoms with Crippen LogP contribution >= 0.6 is 0 Å². The van der Waals surface area contributed by atoms with Crippen molar-refractivity contribution in [3.63, 3.8) is 0 Å². The summed E-state index contributed by atoms with van der Waals surface area (Å²) in [5, 5.41) is 0. The van der Waals surface area contributed by atoms with E-state index in [2.05, 4.69) is 12.2 Å². The van der Waals surface area contributed by atoms with Crippen LogP contribution in [-0.4, -0.2) is 38.4 Å². The maximum atomic E-state index is 12.4. The molecular formula is C15H18O5. The highest BCUT2D eigenvalue weighted by Gasteiger charge is 2.62. The van der Waals surface area contributed by atoms with E-state index in [4.69, 9.17) is 14.2 Å². The zero-order valence-electron chi connectivity index (χ0n) is 11.8. The first kappa shape index (κ1) is 13.5. The second kappa shape index (κ2) is 4.53. The number of allylic oxidation sites excluding steroid dienone is 1. The van der Waals surface area contributed by atoms with Crippen LogP contribution in [0.3, 0.4) is 0 Å². The highest BCUT2D eigenvalue weighted by molar-refractivity contribution is 6.05. The lowest BCUT2D eigenvalue weighted by molar-refractivity contribution is -0.217. The summed E-state index contributed by atoms with van der Waals surface area (Å²) < 4.78 is 16.0. The molecule has 0 bridgehead atoms. The van der Waals surface area contributed by atoms with Crippen LogP contribution in [0.25, 0.3) is 0 Å². The van der Waals surface area contributed by atoms with Gasteiger partial charge in [-0.15, -0.1) is 0 Å². The third kappa shape index (κ3) is 1.56. The highest BCUT2D eigenvalue weighted by Crippen LogP contribution is 2.53. The van der Waals surface area contributed by atoms with Crippen molar-refractivity contribution in [2.45, 2.75) is 12.7 Å². The molecule has 1 saturated heterocycles. The van der Waals surface area contributed by atoms with Gasteiger partial charge in [0, 0.05) is 30.4 Å². The smallest absolute Gasteiger partial charge is 0.334 e. The summed E-state index contributed by atoms with van der Waals surface area (Å²) >= 11 is 0. The summed E-state index contributed by atoms with van der Waals surface area (Å²) in [6, 6.07) is 0. The van der Waals surface area contributed by atoms with Gasteiger partial charge in [0.05, 0.1) is 13.7 Å². The zero-order valence-corrected chi connectivity index (χ0v) is 11.8. The quantitative estimate of drug-likeness (QED) is 0.559. The molecule has 0 saturated carbocycles. The summed E-state index contributed by atoms with van der Waals surface area (Å²) in [5.41, 5.74) is 0.433. The summed E-state index contributed by atoms with van der Waals surface area (Å²) in [4.78, 5) is 24.4. The molecule has 1 fully saturated rings. The fourth-order valence-electron chi connectivity index (χ4n) is 3.80. The normalized spacial score (nSPS) is 42.1. The lowest BCUT2D eigenvalue weighted by atomic mass is 9.62. The van der Waals surface area contributed by atoms with E-state index in [0.29, 0.717) is 12.2 Å². The first-order valence-electron chi connectivity index (χ1n) is 6.77. The van der Waals surface area contributed by atoms with Gasteiger partial charge in [0.15, 0.2) is 0 Å². The van der Waals surface area contributed by atoms with Crippen LogP contribution in [0.5, 0.6) is 0 Å². The zero-order chi connectivity index (χ0) is 14.5. The molecule has 0 aromatic rings. The van der Waals surface area contributed by atoms with Gasteiger partial charge >= 0.3 is 5.97 Å². The van der Waals surface area contributed by atoms with Crippen molar-refractivity contribution in [3.8, 4) is 0 Å². The summed E-state index contributed by atoms with van der Waals surface area (Å²) in [6.45, 7) is 2.47. The Kier molecular flexibility index (Phi) is 3.06. The summed E-state index contributed by atoms with van der Waals surface area (Å²) in [5.74, 6) is -2.05. The van der Waals surface area contributed by atoms with E-state index < -0.39 is 11.8 Å². The van der Waals surface area contributed by atoms with Crippen LogP contribution in [0, 0.1) is 23.7 Å². The maximum absolute atomic E-state index is 12.4. The van der Waals surface area contributed by atoms with Crippen LogP contribution < -0.4 is 0 Å². The van der Waals surface area contributed by atoms with Crippen LogP contribution in [0.2, 0.25) is 0 Å². The van der Waals surface area contributed by atoms with Crippen LogP contribution in [-0.2, 0) is 23.8 Å². The molecule has 108 valence electrons. The van der Waals surface area contributed by atoms with Crippen LogP contribution in [0.1, 0.15) is 6.92 Å². The van der Waals surface area contributed by atoms with Crippen molar-refractivity contribution >= 4 is 11.8 Å². The van der Waals surface area contributed by atoms with Gasteiger partial charge in [-0.1, -0.05) is 19.1 Å². The van der Waals surface area contributed by atoms with Gasteiger partial charge < -0.3 is 14.2 Å². The molecular weight excluding hydrogens is 260 g/mol. The Balaban J connectivity index is 2.15. The van der Waals surface area contributed by atoms with Crippen molar-refractivity contribution < 1.29 is 23.8 Å². The second-order valence-corrected chi connectivity index (χ2v) is 5.60. The molecule has 3 aliphatic rings. The Bertz CT molecular complexity index is 520. The predicted molar refractivity (Wildman–Crippen MR) is 69.6 cm³/mol. The maximum Gasteiger partial charge on any atom is 0.334 e. The highest BCUT2D eigenvalue weighted by atomic mass is 16.7. The van der Waals surface area contributed by atoms with E-state index in [9.17, 15) is 9.59 Å². The van der Waals surface area contributed by atoms with Gasteiger partial charge in [-0.3, -0.25) is 4.79 Å². The molecule has 0 radical (unpaired) electrons. The molecule has 3 rings (SSSR count).